The Morgan fingerprint density at radius 3 is 2.67 bits per heavy atom. The number of carbonyl (C=O) groups is 2. The molecular formula is C17H19Cl2NO3S. The van der Waals surface area contributed by atoms with Gasteiger partial charge in [0, 0.05) is 4.88 Å². The predicted molar refractivity (Wildman–Crippen MR) is 96.9 cm³/mol. The van der Waals surface area contributed by atoms with Gasteiger partial charge >= 0.3 is 5.97 Å². The van der Waals surface area contributed by atoms with Crippen molar-refractivity contribution in [2.45, 2.75) is 33.1 Å². The van der Waals surface area contributed by atoms with Gasteiger partial charge in [0.05, 0.1) is 18.6 Å². The van der Waals surface area contributed by atoms with Gasteiger partial charge in [0.2, 0.25) is 5.91 Å². The van der Waals surface area contributed by atoms with Gasteiger partial charge in [0.1, 0.15) is 9.49 Å². The molecule has 1 fully saturated rings. The van der Waals surface area contributed by atoms with Gasteiger partial charge in [-0.2, -0.15) is 0 Å². The molecule has 0 bridgehead atoms. The molecule has 0 saturated heterocycles. The molecule has 0 spiro atoms. The molecule has 1 saturated carbocycles. The number of fused-ring (bicyclic) bond motifs is 1. The van der Waals surface area contributed by atoms with E-state index in [9.17, 15) is 9.59 Å². The van der Waals surface area contributed by atoms with Crippen LogP contribution in [0.5, 0.6) is 0 Å². The first-order chi connectivity index (χ1) is 11.3. The Kier molecular flexibility index (Phi) is 4.71. The lowest BCUT2D eigenvalue weighted by atomic mass is 10.1. The van der Waals surface area contributed by atoms with Crippen LogP contribution >= 0.6 is 34.5 Å². The van der Waals surface area contributed by atoms with Gasteiger partial charge in [-0.05, 0) is 42.2 Å². The summed E-state index contributed by atoms with van der Waals surface area (Å²) in [4.78, 5) is 26.0. The summed E-state index contributed by atoms with van der Waals surface area (Å²) in [5, 5.41) is 3.54. The summed E-state index contributed by atoms with van der Waals surface area (Å²) in [5.41, 5.74) is 1.34. The summed E-state index contributed by atoms with van der Waals surface area (Å²) < 4.78 is 5.08. The van der Waals surface area contributed by atoms with E-state index >= 15 is 0 Å². The standard InChI is InChI=1S/C17H19Cl2NO3S/c1-17(2)9(7-11(18)19)13(17)14(21)20-15-12(16(22)23-3)8-5-4-6-10(8)24-15/h7,9,13H,4-6H2,1-3H3,(H,20,21)/t9-,13-/m0/s1. The summed E-state index contributed by atoms with van der Waals surface area (Å²) in [7, 11) is 1.36. The number of ether oxygens (including phenoxy) is 1. The highest BCUT2D eigenvalue weighted by atomic mass is 35.5. The van der Waals surface area contributed by atoms with Crippen LogP contribution in [0.1, 0.15) is 41.1 Å². The van der Waals surface area contributed by atoms with Crippen LogP contribution in [-0.4, -0.2) is 19.0 Å². The molecule has 0 aliphatic heterocycles. The monoisotopic (exact) mass is 387 g/mol. The zero-order valence-corrected chi connectivity index (χ0v) is 16.1. The molecule has 1 amide bonds. The maximum Gasteiger partial charge on any atom is 0.341 e. The Morgan fingerprint density at radius 2 is 2.04 bits per heavy atom. The average molecular weight is 388 g/mol. The molecule has 0 aromatic carbocycles. The van der Waals surface area contributed by atoms with E-state index in [2.05, 4.69) is 5.32 Å². The normalized spacial score (nSPS) is 23.4. The first-order valence-electron chi connectivity index (χ1n) is 7.84. The first-order valence-corrected chi connectivity index (χ1v) is 9.41. The molecular weight excluding hydrogens is 369 g/mol. The lowest BCUT2D eigenvalue weighted by molar-refractivity contribution is -0.118. The van der Waals surface area contributed by atoms with E-state index in [1.54, 1.807) is 6.08 Å². The number of nitrogens with one attached hydrogen (secondary N) is 1. The molecule has 1 N–H and O–H groups in total. The smallest absolute Gasteiger partial charge is 0.341 e. The van der Waals surface area contributed by atoms with Crippen LogP contribution in [0.3, 0.4) is 0 Å². The Bertz CT molecular complexity index is 734. The fourth-order valence-electron chi connectivity index (χ4n) is 3.63. The third kappa shape index (κ3) is 2.98. The molecule has 130 valence electrons. The van der Waals surface area contributed by atoms with Gasteiger partial charge < -0.3 is 10.1 Å². The van der Waals surface area contributed by atoms with Crippen molar-refractivity contribution in [2.24, 2.45) is 17.3 Å². The maximum absolute atomic E-state index is 12.7. The first kappa shape index (κ1) is 17.8. The number of hydrogen-bond donors (Lipinski definition) is 1. The number of aryl methyl sites for hydroxylation is 1. The Hall–Kier alpha value is -1.04. The lowest BCUT2D eigenvalue weighted by Gasteiger charge is -2.07. The molecule has 0 unspecified atom stereocenters. The maximum atomic E-state index is 12.7. The number of thiophene rings is 1. The minimum absolute atomic E-state index is 0.00381. The second-order valence-electron chi connectivity index (χ2n) is 6.82. The fraction of sp³-hybridized carbons (Fsp3) is 0.529. The summed E-state index contributed by atoms with van der Waals surface area (Å²) in [5.74, 6) is -0.718. The van der Waals surface area contributed by atoms with E-state index in [-0.39, 0.29) is 33.6 Å². The van der Waals surface area contributed by atoms with Crippen LogP contribution in [0, 0.1) is 17.3 Å². The van der Waals surface area contributed by atoms with E-state index in [0.29, 0.717) is 10.6 Å². The Labute approximate surface area is 155 Å². The van der Waals surface area contributed by atoms with Gasteiger partial charge in [-0.25, -0.2) is 4.79 Å². The van der Waals surface area contributed by atoms with Crippen LogP contribution in [0.25, 0.3) is 0 Å². The molecule has 0 radical (unpaired) electrons. The van der Waals surface area contributed by atoms with Crippen LogP contribution in [0.4, 0.5) is 5.00 Å². The zero-order valence-electron chi connectivity index (χ0n) is 13.7. The van der Waals surface area contributed by atoms with Crippen LogP contribution in [0.15, 0.2) is 10.6 Å². The third-order valence-corrected chi connectivity index (χ3v) is 6.51. The molecule has 2 aliphatic carbocycles. The number of allylic oxidation sites excluding steroid dienone is 1. The number of anilines is 1. The third-order valence-electron chi connectivity index (χ3n) is 5.05. The molecule has 2 aliphatic rings. The van der Waals surface area contributed by atoms with Gasteiger partial charge in [0.15, 0.2) is 0 Å². The number of amides is 1. The molecule has 3 rings (SSSR count). The number of hydrogen-bond acceptors (Lipinski definition) is 4. The van der Waals surface area contributed by atoms with Crippen molar-refractivity contribution in [3.05, 3.63) is 26.6 Å². The molecule has 24 heavy (non-hydrogen) atoms. The van der Waals surface area contributed by atoms with Crippen molar-refractivity contribution in [2.75, 3.05) is 12.4 Å². The summed E-state index contributed by atoms with van der Waals surface area (Å²) in [6.45, 7) is 4.01. The van der Waals surface area contributed by atoms with Crippen molar-refractivity contribution < 1.29 is 14.3 Å². The van der Waals surface area contributed by atoms with E-state index in [4.69, 9.17) is 27.9 Å². The number of carbonyl (C=O) groups excluding carboxylic acids is 2. The van der Waals surface area contributed by atoms with E-state index < -0.39 is 0 Å². The van der Waals surface area contributed by atoms with Crippen molar-refractivity contribution in [1.82, 2.24) is 0 Å². The van der Waals surface area contributed by atoms with Crippen molar-refractivity contribution in [3.8, 4) is 0 Å². The zero-order chi connectivity index (χ0) is 17.6. The highest BCUT2D eigenvalue weighted by Crippen LogP contribution is 2.60. The van der Waals surface area contributed by atoms with Crippen molar-refractivity contribution in [1.29, 1.82) is 0 Å². The largest absolute Gasteiger partial charge is 0.465 e. The van der Waals surface area contributed by atoms with E-state index in [1.807, 2.05) is 13.8 Å². The topological polar surface area (TPSA) is 55.4 Å². The fourth-order valence-corrected chi connectivity index (χ4v) is 5.18. The molecule has 2 atom stereocenters. The molecule has 7 heteroatoms. The number of esters is 1. The van der Waals surface area contributed by atoms with Gasteiger partial charge in [-0.3, -0.25) is 4.79 Å². The summed E-state index contributed by atoms with van der Waals surface area (Å²) in [6.07, 6.45) is 4.55. The van der Waals surface area contributed by atoms with Crippen molar-refractivity contribution in [3.63, 3.8) is 0 Å². The molecule has 4 nitrogen and oxygen atoms in total. The molecule has 1 aromatic heterocycles. The average Bonchev–Trinajstić information content (AvgIpc) is 2.84. The number of rotatable bonds is 4. The van der Waals surface area contributed by atoms with Crippen LogP contribution in [0.2, 0.25) is 0 Å². The second kappa shape index (κ2) is 6.36. The van der Waals surface area contributed by atoms with Gasteiger partial charge in [-0.15, -0.1) is 11.3 Å². The SMILES string of the molecule is COC(=O)c1c(NC(=O)[C@@H]2[C@H](C=C(Cl)Cl)C2(C)C)sc2c1CCC2. The Balaban J connectivity index is 1.84. The highest BCUT2D eigenvalue weighted by molar-refractivity contribution is 7.17. The predicted octanol–water partition coefficient (Wildman–Crippen LogP) is 4.55. The second-order valence-corrected chi connectivity index (χ2v) is 8.94. The molecule has 1 aromatic rings. The summed E-state index contributed by atoms with van der Waals surface area (Å²) in [6, 6.07) is 0. The highest BCUT2D eigenvalue weighted by Gasteiger charge is 2.60. The minimum Gasteiger partial charge on any atom is -0.465 e. The van der Waals surface area contributed by atoms with Crippen LogP contribution < -0.4 is 5.32 Å². The van der Waals surface area contributed by atoms with E-state index in [0.717, 1.165) is 24.8 Å². The molecule has 1 heterocycles. The Morgan fingerprint density at radius 1 is 1.33 bits per heavy atom. The van der Waals surface area contributed by atoms with Crippen LogP contribution in [-0.2, 0) is 22.4 Å². The van der Waals surface area contributed by atoms with Gasteiger partial charge in [-0.1, -0.05) is 37.0 Å². The van der Waals surface area contributed by atoms with E-state index in [1.165, 1.54) is 23.3 Å². The minimum atomic E-state index is -0.389. The van der Waals surface area contributed by atoms with Gasteiger partial charge in [0.25, 0.3) is 0 Å². The lowest BCUT2D eigenvalue weighted by Crippen LogP contribution is -2.18. The summed E-state index contributed by atoms with van der Waals surface area (Å²) >= 11 is 13.0. The quantitative estimate of drug-likeness (QED) is 0.770. The number of methoxy groups -OCH3 is 1. The number of halogens is 2. The van der Waals surface area contributed by atoms with Crippen molar-refractivity contribution >= 4 is 51.4 Å².